The van der Waals surface area contributed by atoms with Crippen LogP contribution < -0.4 is 5.73 Å². The van der Waals surface area contributed by atoms with Gasteiger partial charge in [0.15, 0.2) is 5.60 Å². The summed E-state index contributed by atoms with van der Waals surface area (Å²) in [7, 11) is 0. The van der Waals surface area contributed by atoms with Gasteiger partial charge in [0.05, 0.1) is 18.9 Å². The fourth-order valence-electron chi connectivity index (χ4n) is 1.55. The largest absolute Gasteiger partial charge is 0.508 e. The second-order valence-corrected chi connectivity index (χ2v) is 4.82. The van der Waals surface area contributed by atoms with E-state index in [2.05, 4.69) is 0 Å². The average molecular weight is 345 g/mol. The van der Waals surface area contributed by atoms with Gasteiger partial charge in [-0.05, 0) is 17.7 Å². The number of phenolic OH excluding ortho intramolecular Hbond substituents is 1. The zero-order valence-corrected chi connectivity index (χ0v) is 12.5. The molecule has 0 aliphatic rings. The molecule has 1 unspecified atom stereocenters. The normalized spacial score (nSPS) is 11.8. The van der Waals surface area contributed by atoms with Gasteiger partial charge in [0.25, 0.3) is 0 Å². The standard InChI is InChI=1S/C8H11NO2.C6H8O7/c9-5-8(11)6-1-3-7(10)4-2-6;7-3(8)1-6(13,5(11)12)2-4(9)10/h1-4,8,10-11H,5,9H2;13H,1-2H2,(H,7,8)(H,9,10)(H,11,12). The van der Waals surface area contributed by atoms with Crippen LogP contribution in [0, 0.1) is 0 Å². The van der Waals surface area contributed by atoms with Crippen LogP contribution in [0.2, 0.25) is 0 Å². The number of phenols is 1. The zero-order chi connectivity index (χ0) is 18.9. The Bertz CT molecular complexity index is 554. The molecule has 134 valence electrons. The van der Waals surface area contributed by atoms with E-state index >= 15 is 0 Å². The molecule has 1 aromatic carbocycles. The van der Waals surface area contributed by atoms with Crippen molar-refractivity contribution in [2.24, 2.45) is 5.73 Å². The summed E-state index contributed by atoms with van der Waals surface area (Å²) >= 11 is 0. The Balaban J connectivity index is 0.000000446. The van der Waals surface area contributed by atoms with Gasteiger partial charge in [-0.1, -0.05) is 12.1 Å². The maximum Gasteiger partial charge on any atom is 0.336 e. The molecule has 10 heteroatoms. The molecule has 0 aliphatic heterocycles. The number of hydrogen-bond acceptors (Lipinski definition) is 7. The number of aromatic hydroxyl groups is 1. The lowest BCUT2D eigenvalue weighted by Gasteiger charge is -2.18. The number of benzene rings is 1. The van der Waals surface area contributed by atoms with Gasteiger partial charge in [-0.2, -0.15) is 0 Å². The van der Waals surface area contributed by atoms with Crippen LogP contribution in [0.1, 0.15) is 24.5 Å². The average Bonchev–Trinajstić information content (AvgIpc) is 2.46. The number of aliphatic hydroxyl groups is 2. The fraction of sp³-hybridized carbons (Fsp3) is 0.357. The summed E-state index contributed by atoms with van der Waals surface area (Å²) in [6.07, 6.45) is -2.92. The minimum Gasteiger partial charge on any atom is -0.508 e. The van der Waals surface area contributed by atoms with Crippen molar-refractivity contribution >= 4 is 17.9 Å². The van der Waals surface area contributed by atoms with Gasteiger partial charge in [-0.25, -0.2) is 4.79 Å². The zero-order valence-electron chi connectivity index (χ0n) is 12.5. The summed E-state index contributed by atoms with van der Waals surface area (Å²) < 4.78 is 0. The van der Waals surface area contributed by atoms with Crippen LogP contribution in [-0.2, 0) is 14.4 Å². The quantitative estimate of drug-likeness (QED) is 0.326. The number of aliphatic carboxylic acids is 3. The molecule has 0 saturated heterocycles. The van der Waals surface area contributed by atoms with Crippen LogP contribution in [0.5, 0.6) is 5.75 Å². The topological polar surface area (TPSA) is 199 Å². The van der Waals surface area contributed by atoms with Gasteiger partial charge >= 0.3 is 17.9 Å². The Morgan fingerprint density at radius 1 is 1.00 bits per heavy atom. The van der Waals surface area contributed by atoms with Crippen LogP contribution in [0.25, 0.3) is 0 Å². The highest BCUT2D eigenvalue weighted by molar-refractivity contribution is 5.88. The summed E-state index contributed by atoms with van der Waals surface area (Å²) in [5, 5.41) is 51.9. The molecule has 0 bridgehead atoms. The van der Waals surface area contributed by atoms with Crippen LogP contribution in [0.3, 0.4) is 0 Å². The number of aliphatic hydroxyl groups excluding tert-OH is 1. The van der Waals surface area contributed by atoms with E-state index in [9.17, 15) is 19.5 Å². The summed E-state index contributed by atoms with van der Waals surface area (Å²) in [4.78, 5) is 30.5. The monoisotopic (exact) mass is 345 g/mol. The first kappa shape index (κ1) is 21.3. The first-order valence-corrected chi connectivity index (χ1v) is 6.58. The summed E-state index contributed by atoms with van der Waals surface area (Å²) in [5.74, 6) is -4.83. The van der Waals surface area contributed by atoms with Gasteiger partial charge in [0.2, 0.25) is 0 Å². The van der Waals surface area contributed by atoms with Crippen molar-refractivity contribution in [2.75, 3.05) is 6.54 Å². The highest BCUT2D eigenvalue weighted by Gasteiger charge is 2.40. The molecule has 0 aliphatic carbocycles. The highest BCUT2D eigenvalue weighted by atomic mass is 16.4. The maximum atomic E-state index is 10.3. The Morgan fingerprint density at radius 3 is 1.71 bits per heavy atom. The molecule has 1 rings (SSSR count). The van der Waals surface area contributed by atoms with Crippen LogP contribution in [0.15, 0.2) is 24.3 Å². The first-order valence-electron chi connectivity index (χ1n) is 6.58. The van der Waals surface area contributed by atoms with Crippen LogP contribution in [-0.4, -0.2) is 60.7 Å². The number of carboxylic acid groups (broad SMARTS) is 3. The van der Waals surface area contributed by atoms with Crippen LogP contribution >= 0.6 is 0 Å². The minimum atomic E-state index is -2.74. The Morgan fingerprint density at radius 2 is 1.42 bits per heavy atom. The number of rotatable bonds is 7. The number of carbonyl (C=O) groups is 3. The van der Waals surface area contributed by atoms with E-state index in [0.29, 0.717) is 0 Å². The Kier molecular flexibility index (Phi) is 8.39. The van der Waals surface area contributed by atoms with Crippen molar-refractivity contribution in [3.63, 3.8) is 0 Å². The molecule has 0 radical (unpaired) electrons. The van der Waals surface area contributed by atoms with Gasteiger partial charge in [0, 0.05) is 6.54 Å². The molecule has 0 heterocycles. The van der Waals surface area contributed by atoms with Crippen molar-refractivity contribution in [3.05, 3.63) is 29.8 Å². The number of nitrogens with two attached hydrogens (primary N) is 1. The minimum absolute atomic E-state index is 0.193. The lowest BCUT2D eigenvalue weighted by molar-refractivity contribution is -0.170. The molecule has 0 fully saturated rings. The van der Waals surface area contributed by atoms with E-state index in [0.717, 1.165) is 5.56 Å². The number of carboxylic acids is 3. The van der Waals surface area contributed by atoms with E-state index < -0.39 is 42.5 Å². The molecular weight excluding hydrogens is 326 g/mol. The molecule has 1 atom stereocenters. The summed E-state index contributed by atoms with van der Waals surface area (Å²) in [6.45, 7) is 0.199. The lowest BCUT2D eigenvalue weighted by atomic mass is 9.96. The summed E-state index contributed by atoms with van der Waals surface area (Å²) in [5.41, 5.74) is 3.22. The lowest BCUT2D eigenvalue weighted by Crippen LogP contribution is -2.42. The van der Waals surface area contributed by atoms with Crippen molar-refractivity contribution in [1.29, 1.82) is 0 Å². The molecular formula is C14H19NO9. The molecule has 0 aromatic heterocycles. The molecule has 10 nitrogen and oxygen atoms in total. The maximum absolute atomic E-state index is 10.3. The van der Waals surface area contributed by atoms with Gasteiger partial charge in [-0.3, -0.25) is 9.59 Å². The highest BCUT2D eigenvalue weighted by Crippen LogP contribution is 2.16. The predicted octanol–water partition coefficient (Wildman–Crippen LogP) is -0.864. The first-order chi connectivity index (χ1) is 11.0. The van der Waals surface area contributed by atoms with E-state index in [-0.39, 0.29) is 12.3 Å². The molecule has 24 heavy (non-hydrogen) atoms. The Labute approximate surface area is 136 Å². The van der Waals surface area contributed by atoms with Crippen molar-refractivity contribution in [3.8, 4) is 5.75 Å². The number of hydrogen-bond donors (Lipinski definition) is 7. The molecule has 0 saturated carbocycles. The third kappa shape index (κ3) is 7.54. The van der Waals surface area contributed by atoms with Crippen molar-refractivity contribution in [1.82, 2.24) is 0 Å². The van der Waals surface area contributed by atoms with E-state index in [1.807, 2.05) is 0 Å². The molecule has 8 N–H and O–H groups in total. The molecule has 1 aromatic rings. The van der Waals surface area contributed by atoms with E-state index in [4.69, 9.17) is 31.3 Å². The Hall–Kier alpha value is -2.69. The predicted molar refractivity (Wildman–Crippen MR) is 79.2 cm³/mol. The molecule has 0 spiro atoms. The van der Waals surface area contributed by atoms with Gasteiger partial charge < -0.3 is 36.4 Å². The summed E-state index contributed by atoms with van der Waals surface area (Å²) in [6, 6.07) is 6.34. The van der Waals surface area contributed by atoms with E-state index in [1.54, 1.807) is 12.1 Å². The SMILES string of the molecule is NCC(O)c1ccc(O)cc1.O=C(O)CC(O)(CC(=O)O)C(=O)O. The van der Waals surface area contributed by atoms with E-state index in [1.165, 1.54) is 12.1 Å². The van der Waals surface area contributed by atoms with Crippen LogP contribution in [0.4, 0.5) is 0 Å². The van der Waals surface area contributed by atoms with Crippen molar-refractivity contribution < 1.29 is 45.0 Å². The molecule has 0 amide bonds. The third-order valence-electron chi connectivity index (χ3n) is 2.79. The van der Waals surface area contributed by atoms with Gasteiger partial charge in [0.1, 0.15) is 5.75 Å². The fourth-order valence-corrected chi connectivity index (χ4v) is 1.55. The smallest absolute Gasteiger partial charge is 0.336 e. The van der Waals surface area contributed by atoms with Crippen molar-refractivity contribution in [2.45, 2.75) is 24.5 Å². The van der Waals surface area contributed by atoms with Gasteiger partial charge in [-0.15, -0.1) is 0 Å². The second-order valence-electron chi connectivity index (χ2n) is 4.82. The third-order valence-corrected chi connectivity index (χ3v) is 2.79. The second kappa shape index (κ2) is 9.45.